The third kappa shape index (κ3) is 6.39. The van der Waals surface area contributed by atoms with E-state index >= 15 is 0 Å². The van der Waals surface area contributed by atoms with Crippen molar-refractivity contribution in [1.82, 2.24) is 4.98 Å². The number of hydrogen-bond donors (Lipinski definition) is 2. The van der Waals surface area contributed by atoms with Gasteiger partial charge >= 0.3 is 5.97 Å². The summed E-state index contributed by atoms with van der Waals surface area (Å²) < 4.78 is 36.9. The maximum Gasteiger partial charge on any atom is 0.335 e. The smallest absolute Gasteiger partial charge is 0.335 e. The maximum absolute atomic E-state index is 13.4. The lowest BCUT2D eigenvalue weighted by Crippen LogP contribution is -2.25. The Balaban J connectivity index is 1.35. The Hall–Kier alpha value is -3.64. The third-order valence-electron chi connectivity index (χ3n) is 5.89. The third-order valence-corrected chi connectivity index (χ3v) is 9.70. The first kappa shape index (κ1) is 27.9. The number of carboxylic acid groups (broad SMARTS) is 1. The number of anilines is 1. The van der Waals surface area contributed by atoms with Crippen LogP contribution < -0.4 is 14.8 Å². The molecule has 1 fully saturated rings. The summed E-state index contributed by atoms with van der Waals surface area (Å²) >= 11 is 13.2. The first-order valence-electron chi connectivity index (χ1n) is 11.8. The van der Waals surface area contributed by atoms with Crippen LogP contribution in [0.3, 0.4) is 0 Å². The first-order valence-corrected chi connectivity index (χ1v) is 15.0. The zero-order valence-corrected chi connectivity index (χ0v) is 23.6. The van der Waals surface area contributed by atoms with E-state index in [0.717, 1.165) is 11.3 Å². The molecule has 3 aromatic carbocycles. The van der Waals surface area contributed by atoms with E-state index in [1.165, 1.54) is 66.9 Å². The molecule has 4 aromatic rings. The van der Waals surface area contributed by atoms with Gasteiger partial charge in [0.25, 0.3) is 5.91 Å². The Kier molecular flexibility index (Phi) is 7.99. The van der Waals surface area contributed by atoms with Crippen molar-refractivity contribution >= 4 is 61.4 Å². The van der Waals surface area contributed by atoms with Crippen molar-refractivity contribution in [2.75, 3.05) is 5.32 Å². The van der Waals surface area contributed by atoms with Crippen LogP contribution in [0.1, 0.15) is 34.9 Å². The number of carbonyl (C=O) groups is 2. The van der Waals surface area contributed by atoms with Crippen LogP contribution in [0.2, 0.25) is 10.0 Å². The fraction of sp³-hybridized carbons (Fsp3) is 0.148. The van der Waals surface area contributed by atoms with E-state index in [4.69, 9.17) is 37.8 Å². The molecule has 1 aromatic heterocycles. The largest absolute Gasteiger partial charge is 0.478 e. The van der Waals surface area contributed by atoms with E-state index in [2.05, 4.69) is 10.3 Å². The van der Waals surface area contributed by atoms with Crippen molar-refractivity contribution in [1.29, 1.82) is 0 Å². The Morgan fingerprint density at radius 1 is 0.975 bits per heavy atom. The summed E-state index contributed by atoms with van der Waals surface area (Å²) in [6.45, 7) is 0. The van der Waals surface area contributed by atoms with Crippen molar-refractivity contribution in [2.45, 2.75) is 29.1 Å². The van der Waals surface area contributed by atoms with Crippen LogP contribution in [-0.2, 0) is 14.6 Å². The highest BCUT2D eigenvalue weighted by Gasteiger charge is 2.37. The highest BCUT2D eigenvalue weighted by molar-refractivity contribution is 7.92. The lowest BCUT2D eigenvalue weighted by molar-refractivity contribution is -0.123. The van der Waals surface area contributed by atoms with Crippen LogP contribution in [-0.4, -0.2) is 35.6 Å². The number of nitrogens with zero attached hydrogens (tertiary/aromatic N) is 1. The van der Waals surface area contributed by atoms with Crippen molar-refractivity contribution < 1.29 is 32.6 Å². The Labute approximate surface area is 243 Å². The predicted octanol–water partition coefficient (Wildman–Crippen LogP) is 6.64. The van der Waals surface area contributed by atoms with Gasteiger partial charge in [-0.3, -0.25) is 10.1 Å². The standard InChI is InChI=1S/C27H20Cl2N2O7S2/c28-21-12-7-18(13-22(21)29)38-24(15-3-8-19(9-4-15)40(35,36)20-10-11-20)25(32)31-27-30-14-23(39-27)37-17-5-1-16(2-6-17)26(33)34/h1-9,12-14,20,24H,10-11H2,(H,33,34)(H,30,31,32). The van der Waals surface area contributed by atoms with Gasteiger partial charge in [0.2, 0.25) is 11.2 Å². The van der Waals surface area contributed by atoms with Gasteiger partial charge in [-0.15, -0.1) is 0 Å². The molecular weight excluding hydrogens is 599 g/mol. The molecule has 0 radical (unpaired) electrons. The van der Waals surface area contributed by atoms with Gasteiger partial charge in [-0.05, 0) is 61.4 Å². The minimum atomic E-state index is -3.40. The number of aromatic carboxylic acids is 1. The van der Waals surface area contributed by atoms with Gasteiger partial charge in [0.1, 0.15) is 11.5 Å². The van der Waals surface area contributed by atoms with Crippen LogP contribution in [0.15, 0.2) is 77.8 Å². The molecule has 206 valence electrons. The van der Waals surface area contributed by atoms with Gasteiger partial charge in [0, 0.05) is 11.6 Å². The summed E-state index contributed by atoms with van der Waals surface area (Å²) in [5.41, 5.74) is 0.528. The molecule has 1 atom stereocenters. The summed E-state index contributed by atoms with van der Waals surface area (Å²) in [4.78, 5) is 28.8. The normalized spacial score (nSPS) is 13.8. The van der Waals surface area contributed by atoms with Crippen LogP contribution in [0.5, 0.6) is 16.6 Å². The molecular formula is C27H20Cl2N2O7S2. The summed E-state index contributed by atoms with van der Waals surface area (Å²) in [7, 11) is -3.40. The summed E-state index contributed by atoms with van der Waals surface area (Å²) in [5.74, 6) is -0.951. The number of sulfone groups is 1. The van der Waals surface area contributed by atoms with E-state index in [1.54, 1.807) is 6.07 Å². The SMILES string of the molecule is O=C(O)c1ccc(Oc2cnc(NC(=O)C(Oc3ccc(Cl)c(Cl)c3)c3ccc(S(=O)(=O)C4CC4)cc3)s2)cc1. The van der Waals surface area contributed by atoms with Crippen LogP contribution in [0, 0.1) is 0 Å². The molecule has 0 spiro atoms. The van der Waals surface area contributed by atoms with Crippen LogP contribution in [0.25, 0.3) is 0 Å². The fourth-order valence-corrected chi connectivity index (χ4v) is 6.32. The molecule has 5 rings (SSSR count). The molecule has 1 aliphatic rings. The highest BCUT2D eigenvalue weighted by Crippen LogP contribution is 2.36. The Morgan fingerprint density at radius 3 is 2.27 bits per heavy atom. The van der Waals surface area contributed by atoms with Crippen molar-refractivity contribution in [3.63, 3.8) is 0 Å². The number of amides is 1. The molecule has 1 saturated carbocycles. The number of rotatable bonds is 10. The van der Waals surface area contributed by atoms with E-state index in [0.29, 0.717) is 34.2 Å². The molecule has 0 aliphatic heterocycles. The van der Waals surface area contributed by atoms with Gasteiger partial charge in [-0.1, -0.05) is 46.7 Å². The summed E-state index contributed by atoms with van der Waals surface area (Å²) in [5, 5.41) is 12.5. The Morgan fingerprint density at radius 2 is 1.65 bits per heavy atom. The van der Waals surface area contributed by atoms with Crippen LogP contribution >= 0.6 is 34.5 Å². The van der Waals surface area contributed by atoms with Gasteiger partial charge in [0.15, 0.2) is 15.0 Å². The minimum Gasteiger partial charge on any atom is -0.478 e. The maximum atomic E-state index is 13.4. The van der Waals surface area contributed by atoms with Gasteiger partial charge in [-0.2, -0.15) is 0 Å². The number of carboxylic acids is 1. The second-order valence-electron chi connectivity index (χ2n) is 8.79. The van der Waals surface area contributed by atoms with Gasteiger partial charge in [-0.25, -0.2) is 18.2 Å². The number of aromatic nitrogens is 1. The second-order valence-corrected chi connectivity index (χ2v) is 12.8. The number of benzene rings is 3. The van der Waals surface area contributed by atoms with Gasteiger partial charge < -0.3 is 14.6 Å². The fourth-order valence-electron chi connectivity index (χ4n) is 3.68. The average molecular weight is 620 g/mol. The van der Waals surface area contributed by atoms with Crippen molar-refractivity contribution in [2.24, 2.45) is 0 Å². The molecule has 0 bridgehead atoms. The first-order chi connectivity index (χ1) is 19.1. The van der Waals surface area contributed by atoms with E-state index in [-0.39, 0.29) is 31.6 Å². The number of thiazole rings is 1. The van der Waals surface area contributed by atoms with Crippen molar-refractivity contribution in [3.8, 4) is 16.6 Å². The molecule has 1 unspecified atom stereocenters. The quantitative estimate of drug-likeness (QED) is 0.202. The van der Waals surface area contributed by atoms with E-state index in [9.17, 15) is 18.0 Å². The molecule has 1 aliphatic carbocycles. The average Bonchev–Trinajstić information content (AvgIpc) is 3.71. The summed E-state index contributed by atoms with van der Waals surface area (Å²) in [6, 6.07) is 16.4. The number of halogens is 2. The number of hydrogen-bond acceptors (Lipinski definition) is 8. The monoisotopic (exact) mass is 618 g/mol. The summed E-state index contributed by atoms with van der Waals surface area (Å²) in [6.07, 6.45) is 1.51. The topological polar surface area (TPSA) is 132 Å². The van der Waals surface area contributed by atoms with Crippen molar-refractivity contribution in [3.05, 3.63) is 94.1 Å². The van der Waals surface area contributed by atoms with E-state index < -0.39 is 27.8 Å². The molecule has 1 amide bonds. The lowest BCUT2D eigenvalue weighted by Gasteiger charge is -2.19. The lowest BCUT2D eigenvalue weighted by atomic mass is 10.1. The minimum absolute atomic E-state index is 0.121. The molecule has 2 N–H and O–H groups in total. The Bertz CT molecular complexity index is 1670. The molecule has 13 heteroatoms. The number of ether oxygens (including phenoxy) is 2. The number of nitrogens with one attached hydrogen (secondary N) is 1. The zero-order chi connectivity index (χ0) is 28.4. The predicted molar refractivity (Wildman–Crippen MR) is 151 cm³/mol. The van der Waals surface area contributed by atoms with Gasteiger partial charge in [0.05, 0.1) is 32.0 Å². The molecule has 40 heavy (non-hydrogen) atoms. The highest BCUT2D eigenvalue weighted by atomic mass is 35.5. The second kappa shape index (κ2) is 11.5. The molecule has 0 saturated heterocycles. The zero-order valence-electron chi connectivity index (χ0n) is 20.4. The molecule has 1 heterocycles. The molecule has 9 nitrogen and oxygen atoms in total. The number of carbonyl (C=O) groups excluding carboxylic acids is 1. The van der Waals surface area contributed by atoms with E-state index in [1.807, 2.05) is 0 Å². The van der Waals surface area contributed by atoms with Crippen LogP contribution in [0.4, 0.5) is 5.13 Å².